The van der Waals surface area contributed by atoms with Gasteiger partial charge >= 0.3 is 0 Å². The number of thioether (sulfide) groups is 4. The minimum atomic E-state index is -0.877. The van der Waals surface area contributed by atoms with Crippen molar-refractivity contribution in [1.29, 1.82) is 0 Å². The monoisotopic (exact) mass is 1880 g/mol. The third kappa shape index (κ3) is 33.7. The van der Waals surface area contributed by atoms with E-state index in [1.54, 1.807) is 0 Å². The summed E-state index contributed by atoms with van der Waals surface area (Å²) in [6.07, 6.45) is 2.56. The summed E-state index contributed by atoms with van der Waals surface area (Å²) >= 11 is 23.9. The number of hydrogen-bond acceptors (Lipinski definition) is 6. The summed E-state index contributed by atoms with van der Waals surface area (Å²) in [7, 11) is -0.877. The first-order chi connectivity index (χ1) is 50.5. The van der Waals surface area contributed by atoms with Gasteiger partial charge in [-0.1, -0.05) is 309 Å². The van der Waals surface area contributed by atoms with Crippen molar-refractivity contribution in [1.82, 2.24) is 0 Å². The molecule has 1 N–H and O–H groups in total. The topological polar surface area (TPSA) is 29.5 Å². The van der Waals surface area contributed by atoms with Crippen molar-refractivity contribution < 1.29 is 9.84 Å². The summed E-state index contributed by atoms with van der Waals surface area (Å²) in [5, 5.41) is 15.2. The molecule has 0 bridgehead atoms. The van der Waals surface area contributed by atoms with Crippen LogP contribution < -0.4 is 15.9 Å². The van der Waals surface area contributed by atoms with Crippen LogP contribution in [0.15, 0.2) is 220 Å². The smallest absolute Gasteiger partial charge is 0.189 e. The quantitative estimate of drug-likeness (QED) is 0.0555. The molecule has 10 rings (SSSR count). The van der Waals surface area contributed by atoms with Gasteiger partial charge in [-0.25, -0.2) is 0 Å². The fraction of sp³-hybridized carbons (Fsp3) is 0.443. The lowest BCUT2D eigenvalue weighted by Crippen LogP contribution is -2.20. The molecule has 0 spiro atoms. The Labute approximate surface area is 722 Å². The predicted molar refractivity (Wildman–Crippen MR) is 510 cm³/mol. The van der Waals surface area contributed by atoms with E-state index >= 15 is 0 Å². The largest absolute Gasteiger partial charge is 0.392 e. The fourth-order valence-corrected chi connectivity index (χ4v) is 18.7. The third-order valence-electron chi connectivity index (χ3n) is 18.8. The van der Waals surface area contributed by atoms with E-state index in [1.165, 1.54) is 121 Å². The van der Waals surface area contributed by atoms with E-state index in [-0.39, 0.29) is 51.0 Å². The predicted octanol–water partition coefficient (Wildman–Crippen LogP) is 30.5. The maximum atomic E-state index is 10.0. The number of halogens is 5. The van der Waals surface area contributed by atoms with E-state index in [4.69, 9.17) is 4.74 Å². The van der Waals surface area contributed by atoms with E-state index in [0.29, 0.717) is 0 Å². The van der Waals surface area contributed by atoms with Crippen LogP contribution in [0.2, 0.25) is 0 Å². The Morgan fingerprint density at radius 2 is 0.495 bits per heavy atom. The maximum Gasteiger partial charge on any atom is 0.189 e. The van der Waals surface area contributed by atoms with E-state index < -0.39 is 7.92 Å². The van der Waals surface area contributed by atoms with Crippen molar-refractivity contribution in [3.05, 3.63) is 278 Å². The second-order valence-electron chi connectivity index (χ2n) is 37.0. The van der Waals surface area contributed by atoms with Crippen LogP contribution in [-0.2, 0) is 83.0 Å². The van der Waals surface area contributed by atoms with Crippen LogP contribution >= 0.6 is 135 Å². The normalized spacial score (nSPS) is 13.1. The summed E-state index contributed by atoms with van der Waals surface area (Å²) in [6.45, 7) is 57.4. The molecule has 0 amide bonds. The van der Waals surface area contributed by atoms with Crippen LogP contribution in [0.3, 0.4) is 0 Å². The number of ether oxygens (including phenoxy) is 1. The molecular weight excluding hydrogens is 1760 g/mol. The number of hydrogen-bond donors (Lipinski definition) is 1. The highest BCUT2D eigenvalue weighted by Gasteiger charge is 2.28. The number of alkyl halides is 5. The summed E-state index contributed by atoms with van der Waals surface area (Å²) in [4.78, 5) is 5.12. The number of aliphatic hydroxyl groups excluding tert-OH is 1. The molecule has 12 heteroatoms. The highest BCUT2D eigenvalue weighted by molar-refractivity contribution is 9.52. The Morgan fingerprint density at radius 1 is 0.294 bits per heavy atom. The molecule has 1 fully saturated rings. The molecule has 0 atom stereocenters. The minimum absolute atomic E-state index is 0.0589. The fourth-order valence-electron chi connectivity index (χ4n) is 11.8. The van der Waals surface area contributed by atoms with Crippen LogP contribution in [0.5, 0.6) is 0 Å². The third-order valence-corrected chi connectivity index (χ3v) is 26.3. The van der Waals surface area contributed by atoms with Crippen LogP contribution in [0.4, 0.5) is 0 Å². The molecular formula is C97H127Br5O2PS4+. The van der Waals surface area contributed by atoms with Gasteiger partial charge in [0, 0.05) is 61.1 Å². The Balaban J connectivity index is 0.000000250. The van der Waals surface area contributed by atoms with Crippen molar-refractivity contribution in [2.45, 2.75) is 278 Å². The summed E-state index contributed by atoms with van der Waals surface area (Å²) in [5.74, 6) is 3.78. The van der Waals surface area contributed by atoms with E-state index in [1.807, 2.05) is 47.0 Å². The van der Waals surface area contributed by atoms with Gasteiger partial charge in [0.1, 0.15) is 15.9 Å². The lowest BCUT2D eigenvalue weighted by molar-refractivity contribution is 0.198. The van der Waals surface area contributed by atoms with Crippen molar-refractivity contribution >= 4 is 151 Å². The molecule has 0 saturated carbocycles. The van der Waals surface area contributed by atoms with Gasteiger partial charge in [0.15, 0.2) is 1.05 Å². The maximum absolute atomic E-state index is 10.0. The van der Waals surface area contributed by atoms with Crippen LogP contribution in [0, 0.1) is 0 Å². The van der Waals surface area contributed by atoms with Gasteiger partial charge in [-0.05, 0) is 271 Å². The van der Waals surface area contributed by atoms with Gasteiger partial charge in [-0.3, -0.25) is 0 Å². The number of aliphatic hydroxyl groups is 1. The molecule has 109 heavy (non-hydrogen) atoms. The molecule has 0 aliphatic carbocycles. The number of rotatable bonds is 17. The first kappa shape index (κ1) is 95.0. The van der Waals surface area contributed by atoms with Gasteiger partial charge in [0.2, 0.25) is 0 Å². The molecule has 9 aromatic rings. The number of benzene rings is 9. The first-order valence-corrected chi connectivity index (χ1v) is 48.1. The van der Waals surface area contributed by atoms with Crippen molar-refractivity contribution in [2.24, 2.45) is 0 Å². The van der Waals surface area contributed by atoms with E-state index in [2.05, 4.69) is 446 Å². The zero-order chi connectivity index (χ0) is 81.1. The molecule has 9 aromatic carbocycles. The van der Waals surface area contributed by atoms with E-state index in [9.17, 15) is 5.11 Å². The average molecular weight is 1880 g/mol. The molecule has 0 aromatic heterocycles. The Kier molecular flexibility index (Phi) is 36.4. The first-order valence-electron chi connectivity index (χ1n) is 38.4. The second-order valence-corrected chi connectivity index (χ2v) is 55.3. The van der Waals surface area contributed by atoms with Crippen LogP contribution in [-0.4, -0.2) is 19.4 Å². The van der Waals surface area contributed by atoms with Crippen LogP contribution in [0.1, 0.15) is 257 Å². The van der Waals surface area contributed by atoms with E-state index in [0.717, 1.165) is 47.1 Å². The lowest BCUT2D eigenvalue weighted by atomic mass is 9.80. The molecule has 1 aliphatic rings. The molecule has 1 aliphatic heterocycles. The summed E-state index contributed by atoms with van der Waals surface area (Å²) in [5.41, 5.74) is 20.1. The van der Waals surface area contributed by atoms with Crippen molar-refractivity contribution in [2.75, 3.05) is 13.2 Å². The zero-order valence-corrected chi connectivity index (χ0v) is 82.2. The minimum Gasteiger partial charge on any atom is -0.392 e. The summed E-state index contributed by atoms with van der Waals surface area (Å²) in [6, 6.07) is 74.9. The van der Waals surface area contributed by atoms with Crippen molar-refractivity contribution in [3.63, 3.8) is 0 Å². The highest BCUT2D eigenvalue weighted by Crippen LogP contribution is 2.42. The zero-order valence-electron chi connectivity index (χ0n) is 70.0. The van der Waals surface area contributed by atoms with Gasteiger partial charge < -0.3 is 9.84 Å². The van der Waals surface area contributed by atoms with Gasteiger partial charge in [-0.15, -0.1) is 47.0 Å². The SMILES string of the molecule is BrC(Br)(Br)Br.C1CCOC1.CC(C)(C)c1cc(CSc2cc(CBr)cc(SCc3cc(C(C)(C)C)cc(C(C)(C)C)c3)c2)cc(C(C)(C)C)c1.CC(C)(C)c1cc(CSc2cc(CO)cc(SCc3cc(C(C)(C)C)cc(C(C)(C)C)c3)c2)cc(C(C)(C)C)c1.c1ccc([PH+](c2ccccc2)c2ccccc2)cc1. The molecule has 0 unspecified atom stereocenters. The lowest BCUT2D eigenvalue weighted by Gasteiger charge is -2.26. The molecule has 590 valence electrons. The standard InChI is InChI=1S/C37H51BrS2.C37H52OS2.C18H15P.C4H8O.CBr4/c2*1-34(2,3)28-13-26(14-29(19-28)35(4,5)6)23-39-32-17-25(22-38)18-33(21-32)40-24-27-15-30(36(7,8)9)20-31(16-27)37(10,11)12;1-4-10-16(11-5-1)19(17-12-6-2-7-13-17)18-14-8-3-9-15-18;1-2-4-5-3-1;2-1(3,4)5/h13-21H,22-24H2,1-12H3;13-21,38H,22-24H2,1-12H3;1-15H;1-4H2;/p+1. The molecule has 2 nitrogen and oxygen atoms in total. The van der Waals surface area contributed by atoms with Gasteiger partial charge in [0.25, 0.3) is 0 Å². The van der Waals surface area contributed by atoms with Crippen molar-refractivity contribution in [3.8, 4) is 0 Å². The Morgan fingerprint density at radius 3 is 0.661 bits per heavy atom. The Hall–Kier alpha value is -2.87. The second kappa shape index (κ2) is 41.8. The molecule has 0 radical (unpaired) electrons. The highest BCUT2D eigenvalue weighted by atomic mass is 80.0. The van der Waals surface area contributed by atoms with Gasteiger partial charge in [-0.2, -0.15) is 0 Å². The molecule has 1 heterocycles. The Bertz CT molecular complexity index is 3640. The van der Waals surface area contributed by atoms with Crippen LogP contribution in [0.25, 0.3) is 0 Å². The summed E-state index contributed by atoms with van der Waals surface area (Å²) < 4.78 is 4.69. The average Bonchev–Trinajstić information content (AvgIpc) is 1.07. The van der Waals surface area contributed by atoms with Gasteiger partial charge in [0.05, 0.1) is 14.5 Å². The molecule has 1 saturated heterocycles.